The molecule has 0 aliphatic heterocycles. The molecule has 0 bridgehead atoms. The molecule has 0 aliphatic rings. The maximum atomic E-state index is 11.9. The summed E-state index contributed by atoms with van der Waals surface area (Å²) in [6.45, 7) is 0.0279. The number of anilines is 1. The molecule has 120 valence electrons. The number of nitrogens with one attached hydrogen (secondary N) is 1. The van der Waals surface area contributed by atoms with E-state index in [2.05, 4.69) is 21.2 Å². The molecule has 1 rings (SSSR count). The van der Waals surface area contributed by atoms with E-state index in [4.69, 9.17) is 16.3 Å². The molecule has 0 spiro atoms. The highest BCUT2D eigenvalue weighted by atomic mass is 79.9. The Labute approximate surface area is 139 Å². The molecule has 1 aromatic rings. The van der Waals surface area contributed by atoms with Gasteiger partial charge in [0.2, 0.25) is 5.91 Å². The average Bonchev–Trinajstić information content (AvgIpc) is 2.50. The highest BCUT2D eigenvalue weighted by Crippen LogP contribution is 2.29. The van der Waals surface area contributed by atoms with Crippen LogP contribution in [0.4, 0.5) is 16.2 Å². The summed E-state index contributed by atoms with van der Waals surface area (Å²) in [5, 5.41) is 13.1. The standard InChI is InChI=1S/C12H13BrClN3O5/c1-15-12(19)22-5-4-16(11(18)7-14)8-2-3-10(17(20)21)9(13)6-8/h2-3,6H,4-5,7H2,1H3,(H,15,19). The van der Waals surface area contributed by atoms with E-state index in [1.165, 1.54) is 30.1 Å². The van der Waals surface area contributed by atoms with E-state index >= 15 is 0 Å². The first-order valence-electron chi connectivity index (χ1n) is 6.05. The van der Waals surface area contributed by atoms with Gasteiger partial charge in [-0.15, -0.1) is 11.6 Å². The van der Waals surface area contributed by atoms with Crippen LogP contribution in [0.5, 0.6) is 0 Å². The molecule has 0 fully saturated rings. The number of ether oxygens (including phenoxy) is 1. The van der Waals surface area contributed by atoms with Crippen LogP contribution in [-0.4, -0.2) is 43.0 Å². The van der Waals surface area contributed by atoms with Gasteiger partial charge in [0.15, 0.2) is 0 Å². The third-order valence-corrected chi connectivity index (χ3v) is 3.47. The molecule has 0 saturated carbocycles. The zero-order chi connectivity index (χ0) is 16.7. The lowest BCUT2D eigenvalue weighted by molar-refractivity contribution is -0.385. The number of rotatable bonds is 6. The maximum Gasteiger partial charge on any atom is 0.406 e. The predicted octanol–water partition coefficient (Wildman–Crippen LogP) is 2.29. The molecule has 0 radical (unpaired) electrons. The van der Waals surface area contributed by atoms with E-state index < -0.39 is 16.9 Å². The summed E-state index contributed by atoms with van der Waals surface area (Å²) in [5.74, 6) is -0.683. The van der Waals surface area contributed by atoms with E-state index in [0.29, 0.717) is 5.69 Å². The third kappa shape index (κ3) is 4.85. The number of alkyl halides is 1. The number of carbonyl (C=O) groups is 2. The van der Waals surface area contributed by atoms with Crippen LogP contribution in [0.2, 0.25) is 0 Å². The van der Waals surface area contributed by atoms with Crippen LogP contribution in [0, 0.1) is 10.1 Å². The van der Waals surface area contributed by atoms with Crippen molar-refractivity contribution < 1.29 is 19.2 Å². The second-order valence-electron chi connectivity index (χ2n) is 3.96. The number of hydrogen-bond donors (Lipinski definition) is 1. The molecule has 0 saturated heterocycles. The first-order chi connectivity index (χ1) is 10.4. The van der Waals surface area contributed by atoms with E-state index in [1.54, 1.807) is 0 Å². The summed E-state index contributed by atoms with van der Waals surface area (Å²) >= 11 is 8.64. The molecule has 8 nitrogen and oxygen atoms in total. The molecule has 0 aromatic heterocycles. The molecular weight excluding hydrogens is 382 g/mol. The van der Waals surface area contributed by atoms with Crippen LogP contribution in [-0.2, 0) is 9.53 Å². The Morgan fingerprint density at radius 3 is 2.68 bits per heavy atom. The molecular formula is C12H13BrClN3O5. The number of nitrogens with zero attached hydrogens (tertiary/aromatic N) is 2. The Hall–Kier alpha value is -1.87. The van der Waals surface area contributed by atoms with Crippen LogP contribution >= 0.6 is 27.5 Å². The minimum absolute atomic E-state index is 0.0447. The molecule has 1 N–H and O–H groups in total. The number of alkyl carbamates (subject to hydrolysis) is 1. The molecule has 1 aromatic carbocycles. The maximum absolute atomic E-state index is 11.9. The molecule has 0 aliphatic carbocycles. The smallest absolute Gasteiger partial charge is 0.406 e. The van der Waals surface area contributed by atoms with Gasteiger partial charge in [-0.1, -0.05) is 0 Å². The first-order valence-corrected chi connectivity index (χ1v) is 7.38. The molecule has 10 heteroatoms. The van der Waals surface area contributed by atoms with Gasteiger partial charge in [-0.2, -0.15) is 0 Å². The van der Waals surface area contributed by atoms with Gasteiger partial charge in [0.05, 0.1) is 15.9 Å². The van der Waals surface area contributed by atoms with Gasteiger partial charge in [0.1, 0.15) is 12.5 Å². The molecule has 0 unspecified atom stereocenters. The van der Waals surface area contributed by atoms with Crippen molar-refractivity contribution in [3.05, 3.63) is 32.8 Å². The summed E-state index contributed by atoms with van der Waals surface area (Å²) < 4.78 is 5.05. The lowest BCUT2D eigenvalue weighted by atomic mass is 10.2. The van der Waals surface area contributed by atoms with Gasteiger partial charge < -0.3 is 15.0 Å². The van der Waals surface area contributed by atoms with Crippen LogP contribution in [0.3, 0.4) is 0 Å². The highest BCUT2D eigenvalue weighted by molar-refractivity contribution is 9.10. The third-order valence-electron chi connectivity index (χ3n) is 2.61. The summed E-state index contributed by atoms with van der Waals surface area (Å²) in [6.07, 6.45) is -0.622. The van der Waals surface area contributed by atoms with Crippen molar-refractivity contribution in [2.75, 3.05) is 31.0 Å². The van der Waals surface area contributed by atoms with Gasteiger partial charge in [0, 0.05) is 18.8 Å². The molecule has 0 heterocycles. The fourth-order valence-electron chi connectivity index (χ4n) is 1.58. The number of nitro benzene ring substituents is 1. The second-order valence-corrected chi connectivity index (χ2v) is 5.08. The van der Waals surface area contributed by atoms with Gasteiger partial charge in [-0.05, 0) is 28.1 Å². The van der Waals surface area contributed by atoms with Gasteiger partial charge in [0.25, 0.3) is 5.69 Å². The molecule has 22 heavy (non-hydrogen) atoms. The van der Waals surface area contributed by atoms with Crippen LogP contribution < -0.4 is 10.2 Å². The van der Waals surface area contributed by atoms with Gasteiger partial charge in [-0.25, -0.2) is 4.79 Å². The fraction of sp³-hybridized carbons (Fsp3) is 0.333. The fourth-order valence-corrected chi connectivity index (χ4v) is 2.24. The topological polar surface area (TPSA) is 102 Å². The zero-order valence-electron chi connectivity index (χ0n) is 11.5. The van der Waals surface area contributed by atoms with Crippen molar-refractivity contribution in [2.45, 2.75) is 0 Å². The number of amides is 2. The summed E-state index contributed by atoms with van der Waals surface area (Å²) in [6, 6.07) is 4.13. The monoisotopic (exact) mass is 393 g/mol. The number of halogens is 2. The van der Waals surface area contributed by atoms with E-state index in [0.717, 1.165) is 0 Å². The lowest BCUT2D eigenvalue weighted by Gasteiger charge is -2.22. The second kappa shape index (κ2) is 8.54. The van der Waals surface area contributed by atoms with E-state index in [-0.39, 0.29) is 29.2 Å². The number of benzene rings is 1. The average molecular weight is 395 g/mol. The lowest BCUT2D eigenvalue weighted by Crippen LogP contribution is -2.36. The Morgan fingerprint density at radius 1 is 1.50 bits per heavy atom. The molecule has 2 amide bonds. The Balaban J connectivity index is 2.92. The Kier molecular flexibility index (Phi) is 7.06. The number of nitro groups is 1. The minimum Gasteiger partial charge on any atom is -0.448 e. The molecule has 0 atom stereocenters. The Bertz CT molecular complexity index is 584. The van der Waals surface area contributed by atoms with E-state index in [9.17, 15) is 19.7 Å². The predicted molar refractivity (Wildman–Crippen MR) is 84.3 cm³/mol. The minimum atomic E-state index is -0.622. The van der Waals surface area contributed by atoms with E-state index in [1.807, 2.05) is 0 Å². The van der Waals surface area contributed by atoms with Crippen LogP contribution in [0.15, 0.2) is 22.7 Å². The van der Waals surface area contributed by atoms with Crippen LogP contribution in [0.1, 0.15) is 0 Å². The summed E-state index contributed by atoms with van der Waals surface area (Å²) in [7, 11) is 1.41. The highest BCUT2D eigenvalue weighted by Gasteiger charge is 2.19. The van der Waals surface area contributed by atoms with Crippen molar-refractivity contribution in [3.63, 3.8) is 0 Å². The van der Waals surface area contributed by atoms with Crippen molar-refractivity contribution in [1.29, 1.82) is 0 Å². The van der Waals surface area contributed by atoms with Crippen molar-refractivity contribution in [1.82, 2.24) is 5.32 Å². The zero-order valence-corrected chi connectivity index (χ0v) is 13.9. The normalized spacial score (nSPS) is 9.95. The number of carbonyl (C=O) groups excluding carboxylic acids is 2. The summed E-state index contributed by atoms with van der Waals surface area (Å²) in [4.78, 5) is 34.4. The summed E-state index contributed by atoms with van der Waals surface area (Å²) in [5.41, 5.74) is 0.285. The first kappa shape index (κ1) is 18.2. The van der Waals surface area contributed by atoms with Crippen LogP contribution in [0.25, 0.3) is 0 Å². The Morgan fingerprint density at radius 2 is 2.18 bits per heavy atom. The van der Waals surface area contributed by atoms with Crippen molar-refractivity contribution in [2.24, 2.45) is 0 Å². The number of hydrogen-bond acceptors (Lipinski definition) is 5. The quantitative estimate of drug-likeness (QED) is 0.453. The van der Waals surface area contributed by atoms with Crippen molar-refractivity contribution in [3.8, 4) is 0 Å². The van der Waals surface area contributed by atoms with Crippen molar-refractivity contribution >= 4 is 50.9 Å². The SMILES string of the molecule is CNC(=O)OCCN(C(=O)CCl)c1ccc([N+](=O)[O-])c(Br)c1. The van der Waals surface area contributed by atoms with Gasteiger partial charge >= 0.3 is 6.09 Å². The largest absolute Gasteiger partial charge is 0.448 e. The van der Waals surface area contributed by atoms with Gasteiger partial charge in [-0.3, -0.25) is 14.9 Å².